The van der Waals surface area contributed by atoms with Gasteiger partial charge in [-0.25, -0.2) is 0 Å². The third-order valence-corrected chi connectivity index (χ3v) is 0.795. The Morgan fingerprint density at radius 1 is 1.64 bits per heavy atom. The fourth-order valence-corrected chi connectivity index (χ4v) is 0.327. The van der Waals surface area contributed by atoms with Crippen LogP contribution >= 0.6 is 0 Å². The first-order chi connectivity index (χ1) is 5.04. The number of ether oxygens (including phenoxy) is 1. The molecule has 0 aliphatic heterocycles. The van der Waals surface area contributed by atoms with Crippen molar-refractivity contribution in [1.82, 2.24) is 0 Å². The molecule has 0 aliphatic carbocycles. The first kappa shape index (κ1) is 10.1. The highest BCUT2D eigenvalue weighted by Crippen LogP contribution is 2.14. The minimum Gasteiger partial charge on any atom is -0.328 e. The van der Waals surface area contributed by atoms with E-state index in [1.165, 1.54) is 0 Å². The van der Waals surface area contributed by atoms with Crippen molar-refractivity contribution >= 4 is 12.1 Å². The second-order valence-electron chi connectivity index (χ2n) is 1.64. The molecule has 0 aliphatic rings. The summed E-state index contributed by atoms with van der Waals surface area (Å²) in [7, 11) is 0. The zero-order valence-electron chi connectivity index (χ0n) is 5.55. The maximum Gasteiger partial charge on any atom is 0.423 e. The van der Waals surface area contributed by atoms with Crippen LogP contribution in [-0.2, 0) is 14.3 Å². The van der Waals surface area contributed by atoms with Gasteiger partial charge in [-0.2, -0.15) is 8.78 Å². The molecule has 0 amide bonds. The number of carbonyl (C=O) groups is 2. The van der Waals surface area contributed by atoms with Crippen LogP contribution in [0.15, 0.2) is 0 Å². The molecule has 0 saturated carbocycles. The molecule has 0 radical (unpaired) electrons. The first-order valence-electron chi connectivity index (χ1n) is 2.76. The third-order valence-electron chi connectivity index (χ3n) is 0.795. The van der Waals surface area contributed by atoms with Gasteiger partial charge in [0.1, 0.15) is 0 Å². The summed E-state index contributed by atoms with van der Waals surface area (Å²) >= 11 is 0. The summed E-state index contributed by atoms with van der Waals surface area (Å²) in [4.78, 5) is 19.6. The Labute approximate surface area is 61.3 Å². The molecule has 4 nitrogen and oxygen atoms in total. The normalized spacial score (nSPS) is 11.2. The van der Waals surface area contributed by atoms with Crippen LogP contribution in [0.25, 0.3) is 0 Å². The Bertz CT molecular complexity index is 160. The van der Waals surface area contributed by atoms with E-state index in [1.54, 1.807) is 0 Å². The molecule has 0 fully saturated rings. The molecule has 64 valence electrons. The number of carbonyl (C=O) groups excluding carboxylic acids is 2. The SMILES string of the molecule is NCCOC(F)(F)C(=O)C=O. The van der Waals surface area contributed by atoms with E-state index in [-0.39, 0.29) is 6.54 Å². The molecule has 2 N–H and O–H groups in total. The van der Waals surface area contributed by atoms with E-state index in [2.05, 4.69) is 4.74 Å². The Balaban J connectivity index is 3.98. The summed E-state index contributed by atoms with van der Waals surface area (Å²) in [6.07, 6.45) is -4.52. The second-order valence-corrected chi connectivity index (χ2v) is 1.64. The van der Waals surface area contributed by atoms with Crippen LogP contribution in [0.3, 0.4) is 0 Å². The summed E-state index contributed by atoms with van der Waals surface area (Å²) in [5, 5.41) is 0. The number of aldehydes is 1. The predicted molar refractivity (Wildman–Crippen MR) is 31.0 cm³/mol. The molecular weight excluding hydrogens is 160 g/mol. The van der Waals surface area contributed by atoms with Crippen molar-refractivity contribution in [2.24, 2.45) is 5.73 Å². The number of rotatable bonds is 5. The highest BCUT2D eigenvalue weighted by atomic mass is 19.3. The molecule has 0 aromatic carbocycles. The van der Waals surface area contributed by atoms with Gasteiger partial charge in [-0.3, -0.25) is 9.59 Å². The number of ketones is 1. The molecule has 0 spiro atoms. The van der Waals surface area contributed by atoms with Crippen LogP contribution in [0, 0.1) is 0 Å². The summed E-state index contributed by atoms with van der Waals surface area (Å²) in [6.45, 7) is -0.603. The number of Topliss-reactive ketones (excluding diaryl/α,β-unsaturated/α-hetero) is 1. The van der Waals surface area contributed by atoms with Gasteiger partial charge in [0.2, 0.25) is 0 Å². The van der Waals surface area contributed by atoms with Crippen molar-refractivity contribution in [1.29, 1.82) is 0 Å². The fourth-order valence-electron chi connectivity index (χ4n) is 0.327. The van der Waals surface area contributed by atoms with Crippen LogP contribution < -0.4 is 5.73 Å². The monoisotopic (exact) mass is 167 g/mol. The topological polar surface area (TPSA) is 69.4 Å². The lowest BCUT2D eigenvalue weighted by Crippen LogP contribution is -2.34. The largest absolute Gasteiger partial charge is 0.423 e. The third kappa shape index (κ3) is 3.15. The molecule has 0 unspecified atom stereocenters. The molecule has 6 heteroatoms. The second kappa shape index (κ2) is 4.09. The van der Waals surface area contributed by atoms with Gasteiger partial charge in [0.25, 0.3) is 5.78 Å². The van der Waals surface area contributed by atoms with E-state index in [0.29, 0.717) is 0 Å². The van der Waals surface area contributed by atoms with E-state index >= 15 is 0 Å². The van der Waals surface area contributed by atoms with Crippen molar-refractivity contribution in [3.05, 3.63) is 0 Å². The maximum atomic E-state index is 12.1. The number of hydrogen-bond donors (Lipinski definition) is 1. The molecule has 0 saturated heterocycles. The van der Waals surface area contributed by atoms with Gasteiger partial charge in [-0.15, -0.1) is 0 Å². The maximum absolute atomic E-state index is 12.1. The van der Waals surface area contributed by atoms with Crippen molar-refractivity contribution in [2.45, 2.75) is 6.11 Å². The Kier molecular flexibility index (Phi) is 3.77. The summed E-state index contributed by atoms with van der Waals surface area (Å²) in [5.41, 5.74) is 4.82. The minimum absolute atomic E-state index is 0.137. The van der Waals surface area contributed by atoms with Gasteiger partial charge in [0, 0.05) is 6.54 Å². The highest BCUT2D eigenvalue weighted by molar-refractivity contribution is 6.27. The van der Waals surface area contributed by atoms with Crippen LogP contribution in [0.2, 0.25) is 0 Å². The molecule has 0 heterocycles. The Hall–Kier alpha value is -0.880. The van der Waals surface area contributed by atoms with Gasteiger partial charge in [-0.1, -0.05) is 0 Å². The van der Waals surface area contributed by atoms with E-state index < -0.39 is 24.8 Å². The van der Waals surface area contributed by atoms with Crippen LogP contribution in [0.4, 0.5) is 8.78 Å². The van der Waals surface area contributed by atoms with Gasteiger partial charge < -0.3 is 10.5 Å². The Morgan fingerprint density at radius 2 is 2.18 bits per heavy atom. The average molecular weight is 167 g/mol. The van der Waals surface area contributed by atoms with Gasteiger partial charge in [-0.05, 0) is 0 Å². The molecule has 0 atom stereocenters. The van der Waals surface area contributed by atoms with E-state index in [0.717, 1.165) is 0 Å². The number of nitrogens with two attached hydrogens (primary N) is 1. The lowest BCUT2D eigenvalue weighted by atomic mass is 10.4. The van der Waals surface area contributed by atoms with Crippen LogP contribution in [-0.4, -0.2) is 31.3 Å². The number of alkyl halides is 2. The summed E-state index contributed by atoms with van der Waals surface area (Å²) in [6, 6.07) is 0. The smallest absolute Gasteiger partial charge is 0.328 e. The molecule has 0 bridgehead atoms. The zero-order valence-corrected chi connectivity index (χ0v) is 5.55. The summed E-state index contributed by atoms with van der Waals surface area (Å²) in [5.74, 6) is -1.90. The van der Waals surface area contributed by atoms with Crippen LogP contribution in [0.1, 0.15) is 0 Å². The molecule has 11 heavy (non-hydrogen) atoms. The lowest BCUT2D eigenvalue weighted by Gasteiger charge is -2.10. The molecule has 0 rings (SSSR count). The van der Waals surface area contributed by atoms with Crippen molar-refractivity contribution < 1.29 is 23.1 Å². The van der Waals surface area contributed by atoms with E-state index in [9.17, 15) is 18.4 Å². The average Bonchev–Trinajstić information content (AvgIpc) is 1.99. The molecule has 0 aromatic heterocycles. The van der Waals surface area contributed by atoms with Crippen molar-refractivity contribution in [3.8, 4) is 0 Å². The Morgan fingerprint density at radius 3 is 2.55 bits per heavy atom. The van der Waals surface area contributed by atoms with E-state index in [1.807, 2.05) is 0 Å². The highest BCUT2D eigenvalue weighted by Gasteiger charge is 2.39. The van der Waals surface area contributed by atoms with Gasteiger partial charge in [0.15, 0.2) is 6.29 Å². The standard InChI is InChI=1S/C5H7F2NO3/c6-5(7,4(10)3-9)11-2-1-8/h3H,1-2,8H2. The van der Waals surface area contributed by atoms with Gasteiger partial charge in [0.05, 0.1) is 6.61 Å². The zero-order chi connectivity index (χ0) is 8.91. The molecular formula is C5H7F2NO3. The summed E-state index contributed by atoms with van der Waals surface area (Å²) < 4.78 is 28.0. The number of halogens is 2. The number of hydrogen-bond acceptors (Lipinski definition) is 4. The van der Waals surface area contributed by atoms with Gasteiger partial charge >= 0.3 is 6.11 Å². The van der Waals surface area contributed by atoms with Crippen molar-refractivity contribution in [2.75, 3.05) is 13.2 Å². The van der Waals surface area contributed by atoms with Crippen LogP contribution in [0.5, 0.6) is 0 Å². The quantitative estimate of drug-likeness (QED) is 0.435. The predicted octanol–water partition coefficient (Wildman–Crippen LogP) is -0.678. The van der Waals surface area contributed by atoms with E-state index in [4.69, 9.17) is 5.73 Å². The fraction of sp³-hybridized carbons (Fsp3) is 0.600. The van der Waals surface area contributed by atoms with Crippen molar-refractivity contribution in [3.63, 3.8) is 0 Å². The first-order valence-corrected chi connectivity index (χ1v) is 2.76. The lowest BCUT2D eigenvalue weighted by molar-refractivity contribution is -0.224. The minimum atomic E-state index is -4.03. The molecule has 0 aromatic rings.